The lowest BCUT2D eigenvalue weighted by Gasteiger charge is -2.29. The first-order chi connectivity index (χ1) is 16.4. The molecule has 0 atom stereocenters. The van der Waals surface area contributed by atoms with Gasteiger partial charge in [0.15, 0.2) is 0 Å². The number of thiazole rings is 1. The van der Waals surface area contributed by atoms with Gasteiger partial charge >= 0.3 is 6.09 Å². The third kappa shape index (κ3) is 4.82. The monoisotopic (exact) mass is 473 g/mol. The van der Waals surface area contributed by atoms with Crippen molar-refractivity contribution in [1.82, 2.24) is 19.9 Å². The van der Waals surface area contributed by atoms with Gasteiger partial charge in [-0.25, -0.2) is 9.78 Å². The maximum Gasteiger partial charge on any atom is 0.410 e. The van der Waals surface area contributed by atoms with Crippen molar-refractivity contribution in [3.8, 4) is 10.4 Å². The second-order valence-corrected chi connectivity index (χ2v) is 10.2. The van der Waals surface area contributed by atoms with Crippen molar-refractivity contribution in [1.29, 1.82) is 0 Å². The number of nitrogens with one attached hydrogen (secondary N) is 2. The third-order valence-corrected chi connectivity index (χ3v) is 6.42. The average molecular weight is 474 g/mol. The molecule has 1 aliphatic rings. The minimum Gasteiger partial charge on any atom is -0.444 e. The molecule has 0 spiro atoms. The van der Waals surface area contributed by atoms with Gasteiger partial charge in [0.05, 0.1) is 16.1 Å². The number of aromatic nitrogens is 3. The maximum atomic E-state index is 12.4. The third-order valence-electron chi connectivity index (χ3n) is 5.60. The molecule has 0 bridgehead atoms. The first-order valence-corrected chi connectivity index (χ1v) is 12.1. The van der Waals surface area contributed by atoms with E-state index in [-0.39, 0.29) is 6.09 Å². The van der Waals surface area contributed by atoms with E-state index in [0.29, 0.717) is 13.1 Å². The molecule has 0 saturated heterocycles. The highest BCUT2D eigenvalue weighted by Crippen LogP contribution is 2.32. The van der Waals surface area contributed by atoms with Gasteiger partial charge < -0.3 is 19.9 Å². The predicted molar refractivity (Wildman–Crippen MR) is 137 cm³/mol. The number of benzene rings is 1. The molecule has 2 N–H and O–H groups in total. The van der Waals surface area contributed by atoms with E-state index < -0.39 is 5.60 Å². The Labute approximate surface area is 202 Å². The SMILES string of the molecule is CC(C)(C)OC(=O)N1CC=C(c2cc3c(Nc4cccc(-c5cncs5)c4)ccnc3[nH]2)CC1. The largest absolute Gasteiger partial charge is 0.444 e. The fourth-order valence-electron chi connectivity index (χ4n) is 3.98. The lowest BCUT2D eigenvalue weighted by Crippen LogP contribution is -2.39. The van der Waals surface area contributed by atoms with E-state index in [4.69, 9.17) is 4.74 Å². The molecule has 0 saturated carbocycles. The van der Waals surface area contributed by atoms with Gasteiger partial charge in [-0.2, -0.15) is 0 Å². The lowest BCUT2D eigenvalue weighted by atomic mass is 10.0. The van der Waals surface area contributed by atoms with Gasteiger partial charge in [0.1, 0.15) is 11.2 Å². The number of carbonyl (C=O) groups excluding carboxylic acids is 1. The van der Waals surface area contributed by atoms with E-state index >= 15 is 0 Å². The van der Waals surface area contributed by atoms with Gasteiger partial charge in [-0.15, -0.1) is 11.3 Å². The van der Waals surface area contributed by atoms with Crippen LogP contribution in [0, 0.1) is 0 Å². The molecule has 1 aliphatic heterocycles. The molecule has 1 aromatic carbocycles. The lowest BCUT2D eigenvalue weighted by molar-refractivity contribution is 0.0270. The first kappa shape index (κ1) is 22.2. The Morgan fingerprint density at radius 1 is 1.24 bits per heavy atom. The normalized spacial score (nSPS) is 14.2. The van der Waals surface area contributed by atoms with Gasteiger partial charge in [-0.3, -0.25) is 4.98 Å². The van der Waals surface area contributed by atoms with Crippen molar-refractivity contribution in [3.05, 3.63) is 66.1 Å². The molecule has 4 aromatic rings. The fourth-order valence-corrected chi connectivity index (χ4v) is 4.60. The van der Waals surface area contributed by atoms with E-state index in [9.17, 15) is 4.79 Å². The summed E-state index contributed by atoms with van der Waals surface area (Å²) >= 11 is 1.62. The predicted octanol–water partition coefficient (Wildman–Crippen LogP) is 6.45. The summed E-state index contributed by atoms with van der Waals surface area (Å²) in [5, 5.41) is 4.57. The number of hydrogen-bond acceptors (Lipinski definition) is 6. The Hall–Kier alpha value is -3.65. The highest BCUT2D eigenvalue weighted by atomic mass is 32.1. The van der Waals surface area contributed by atoms with Crippen LogP contribution in [0.25, 0.3) is 27.0 Å². The van der Waals surface area contributed by atoms with Crippen LogP contribution in [0.1, 0.15) is 32.9 Å². The van der Waals surface area contributed by atoms with Crippen LogP contribution in [-0.2, 0) is 4.74 Å². The van der Waals surface area contributed by atoms with Gasteiger partial charge in [0, 0.05) is 42.3 Å². The molecule has 0 radical (unpaired) electrons. The maximum absolute atomic E-state index is 12.4. The van der Waals surface area contributed by atoms with E-state index in [2.05, 4.69) is 50.6 Å². The van der Waals surface area contributed by atoms with Crippen molar-refractivity contribution in [2.24, 2.45) is 0 Å². The standard InChI is InChI=1S/C26H27N5O2S/c1-26(2,3)33-25(32)31-11-8-17(9-12-31)22-14-20-21(7-10-28-24(20)30-22)29-19-6-4-5-18(13-19)23-15-27-16-34-23/h4-8,10,13-16H,9,11-12H2,1-3H3,(H2,28,29,30). The summed E-state index contributed by atoms with van der Waals surface area (Å²) < 4.78 is 5.50. The zero-order valence-electron chi connectivity index (χ0n) is 19.5. The Morgan fingerprint density at radius 3 is 2.85 bits per heavy atom. The van der Waals surface area contributed by atoms with Crippen molar-refractivity contribution in [2.45, 2.75) is 32.8 Å². The molecular weight excluding hydrogens is 446 g/mol. The summed E-state index contributed by atoms with van der Waals surface area (Å²) in [5.41, 5.74) is 7.51. The number of aromatic amines is 1. The van der Waals surface area contributed by atoms with E-state index in [0.717, 1.165) is 45.0 Å². The summed E-state index contributed by atoms with van der Waals surface area (Å²) in [5.74, 6) is 0. The highest BCUT2D eigenvalue weighted by molar-refractivity contribution is 7.13. The topological polar surface area (TPSA) is 83.1 Å². The zero-order chi connectivity index (χ0) is 23.7. The number of nitrogens with zero attached hydrogens (tertiary/aromatic N) is 3. The Kier molecular flexibility index (Phi) is 5.83. The van der Waals surface area contributed by atoms with E-state index in [1.165, 1.54) is 5.57 Å². The Bertz CT molecular complexity index is 1350. The van der Waals surface area contributed by atoms with Gasteiger partial charge in [-0.05, 0) is 62.6 Å². The molecule has 7 nitrogen and oxygen atoms in total. The van der Waals surface area contributed by atoms with Crippen LogP contribution in [0.5, 0.6) is 0 Å². The number of ether oxygens (including phenoxy) is 1. The fraction of sp³-hybridized carbons (Fsp3) is 0.269. The molecule has 0 aliphatic carbocycles. The molecule has 5 rings (SSSR count). The van der Waals surface area contributed by atoms with Crippen LogP contribution < -0.4 is 5.32 Å². The second kappa shape index (κ2) is 8.95. The van der Waals surface area contributed by atoms with Crippen LogP contribution in [-0.4, -0.2) is 44.6 Å². The molecule has 0 fully saturated rings. The Balaban J connectivity index is 1.36. The van der Waals surface area contributed by atoms with Crippen LogP contribution in [0.15, 0.2) is 60.4 Å². The van der Waals surface area contributed by atoms with Crippen molar-refractivity contribution < 1.29 is 9.53 Å². The van der Waals surface area contributed by atoms with E-state index in [1.54, 1.807) is 22.4 Å². The highest BCUT2D eigenvalue weighted by Gasteiger charge is 2.24. The molecule has 34 heavy (non-hydrogen) atoms. The molecule has 1 amide bonds. The number of hydrogen-bond donors (Lipinski definition) is 2. The van der Waals surface area contributed by atoms with Gasteiger partial charge in [-0.1, -0.05) is 18.2 Å². The number of H-pyrrole nitrogens is 1. The number of rotatable bonds is 4. The summed E-state index contributed by atoms with van der Waals surface area (Å²) in [6.45, 7) is 6.81. The quantitative estimate of drug-likeness (QED) is 0.356. The number of amides is 1. The van der Waals surface area contributed by atoms with Crippen LogP contribution in [0.2, 0.25) is 0 Å². The summed E-state index contributed by atoms with van der Waals surface area (Å²) in [6.07, 6.45) is 6.26. The summed E-state index contributed by atoms with van der Waals surface area (Å²) in [7, 11) is 0. The second-order valence-electron chi connectivity index (χ2n) is 9.28. The van der Waals surface area contributed by atoms with Gasteiger partial charge in [0.25, 0.3) is 0 Å². The molecule has 4 heterocycles. The summed E-state index contributed by atoms with van der Waals surface area (Å²) in [6, 6.07) is 12.4. The van der Waals surface area contributed by atoms with Crippen molar-refractivity contribution in [3.63, 3.8) is 0 Å². The molecular formula is C26H27N5O2S. The minimum atomic E-state index is -0.493. The molecule has 0 unspecified atom stereocenters. The minimum absolute atomic E-state index is 0.270. The van der Waals surface area contributed by atoms with E-state index in [1.807, 2.05) is 44.6 Å². The molecule has 3 aromatic heterocycles. The molecule has 8 heteroatoms. The van der Waals surface area contributed by atoms with Crippen molar-refractivity contribution in [2.75, 3.05) is 18.4 Å². The summed E-state index contributed by atoms with van der Waals surface area (Å²) in [4.78, 5) is 27.4. The average Bonchev–Trinajstić information content (AvgIpc) is 3.49. The van der Waals surface area contributed by atoms with Crippen LogP contribution in [0.3, 0.4) is 0 Å². The number of carbonyl (C=O) groups is 1. The van der Waals surface area contributed by atoms with Crippen LogP contribution in [0.4, 0.5) is 16.2 Å². The Morgan fingerprint density at radius 2 is 2.12 bits per heavy atom. The zero-order valence-corrected chi connectivity index (χ0v) is 20.3. The number of pyridine rings is 1. The van der Waals surface area contributed by atoms with Crippen LogP contribution >= 0.6 is 11.3 Å². The number of anilines is 2. The smallest absolute Gasteiger partial charge is 0.410 e. The van der Waals surface area contributed by atoms with Crippen molar-refractivity contribution >= 4 is 45.4 Å². The van der Waals surface area contributed by atoms with Gasteiger partial charge in [0.2, 0.25) is 0 Å². The number of fused-ring (bicyclic) bond motifs is 1. The first-order valence-electron chi connectivity index (χ1n) is 11.3. The molecule has 174 valence electrons.